The van der Waals surface area contributed by atoms with Gasteiger partial charge in [0.25, 0.3) is 0 Å². The van der Waals surface area contributed by atoms with E-state index in [4.69, 9.17) is 0 Å². The molecular weight excluding hydrogens is 407 g/mol. The van der Waals surface area contributed by atoms with Crippen molar-refractivity contribution in [2.45, 2.75) is 5.37 Å². The van der Waals surface area contributed by atoms with E-state index in [-0.39, 0.29) is 11.3 Å². The third kappa shape index (κ3) is 2.91. The average Bonchev–Trinajstić information content (AvgIpc) is 2.85. The Balaban J connectivity index is 1.99. The van der Waals surface area contributed by atoms with Gasteiger partial charge >= 0.3 is 0 Å². The lowest BCUT2D eigenvalue weighted by molar-refractivity contribution is -0.115. The quantitative estimate of drug-likeness (QED) is 0.678. The zero-order valence-electron chi connectivity index (χ0n) is 10.7. The number of halogens is 3. The van der Waals surface area contributed by atoms with Crippen LogP contribution >= 0.6 is 34.4 Å². The first-order chi connectivity index (χ1) is 10.1. The smallest absolute Gasteiger partial charge is 0.238 e. The van der Waals surface area contributed by atoms with Crippen molar-refractivity contribution < 1.29 is 13.6 Å². The average molecular weight is 417 g/mol. The Bertz CT molecular complexity index is 693. The van der Waals surface area contributed by atoms with Gasteiger partial charge in [0, 0.05) is 9.26 Å². The molecule has 1 saturated heterocycles. The molecule has 1 unspecified atom stereocenters. The highest BCUT2D eigenvalue weighted by Gasteiger charge is 2.34. The van der Waals surface area contributed by atoms with Gasteiger partial charge in [-0.2, -0.15) is 0 Å². The second-order valence-electron chi connectivity index (χ2n) is 4.58. The molecule has 0 N–H and O–H groups in total. The summed E-state index contributed by atoms with van der Waals surface area (Å²) in [6.45, 7) is 0. The van der Waals surface area contributed by atoms with Crippen molar-refractivity contribution in [1.29, 1.82) is 0 Å². The second-order valence-corrected chi connectivity index (χ2v) is 6.89. The van der Waals surface area contributed by atoms with Crippen LogP contribution in [0.3, 0.4) is 0 Å². The third-order valence-electron chi connectivity index (χ3n) is 3.20. The van der Waals surface area contributed by atoms with Crippen LogP contribution in [0.25, 0.3) is 0 Å². The maximum atomic E-state index is 13.4. The Morgan fingerprint density at radius 1 is 1.10 bits per heavy atom. The molecule has 2 aromatic carbocycles. The number of rotatable bonds is 2. The number of hydrogen-bond acceptors (Lipinski definition) is 2. The molecule has 0 saturated carbocycles. The highest BCUT2D eigenvalue weighted by Crippen LogP contribution is 2.42. The number of amides is 1. The Morgan fingerprint density at radius 2 is 1.81 bits per heavy atom. The molecule has 0 bridgehead atoms. The molecule has 0 radical (unpaired) electrons. The molecule has 1 heterocycles. The normalized spacial score (nSPS) is 18.3. The molecule has 2 aromatic rings. The number of carbonyl (C=O) groups excluding carboxylic acids is 1. The van der Waals surface area contributed by atoms with E-state index in [2.05, 4.69) is 22.6 Å². The summed E-state index contributed by atoms with van der Waals surface area (Å²) in [5, 5.41) is -0.326. The van der Waals surface area contributed by atoms with Gasteiger partial charge in [0.05, 0.1) is 5.75 Å². The van der Waals surface area contributed by atoms with Crippen LogP contribution in [-0.4, -0.2) is 11.7 Å². The summed E-state index contributed by atoms with van der Waals surface area (Å²) in [4.78, 5) is 13.8. The molecule has 0 aromatic heterocycles. The third-order valence-corrected chi connectivity index (χ3v) is 5.13. The van der Waals surface area contributed by atoms with Crippen molar-refractivity contribution in [3.63, 3.8) is 0 Å². The van der Waals surface area contributed by atoms with Gasteiger partial charge in [0.2, 0.25) is 5.91 Å². The van der Waals surface area contributed by atoms with Crippen molar-refractivity contribution in [3.05, 3.63) is 63.2 Å². The minimum Gasteiger partial charge on any atom is -0.295 e. The zero-order valence-corrected chi connectivity index (χ0v) is 13.7. The number of benzene rings is 2. The SMILES string of the molecule is O=C1CSC(c2ccc(F)c(F)c2)N1c1ccc(I)cc1. The van der Waals surface area contributed by atoms with Crippen LogP contribution < -0.4 is 4.90 Å². The largest absolute Gasteiger partial charge is 0.295 e. The molecule has 6 heteroatoms. The number of nitrogens with zero attached hydrogens (tertiary/aromatic N) is 1. The summed E-state index contributed by atoms with van der Waals surface area (Å²) >= 11 is 3.60. The lowest BCUT2D eigenvalue weighted by atomic mass is 10.1. The molecule has 108 valence electrons. The van der Waals surface area contributed by atoms with Crippen LogP contribution in [0.2, 0.25) is 0 Å². The van der Waals surface area contributed by atoms with Crippen molar-refractivity contribution >= 4 is 45.9 Å². The van der Waals surface area contributed by atoms with E-state index in [1.54, 1.807) is 4.90 Å². The van der Waals surface area contributed by atoms with E-state index in [0.29, 0.717) is 11.3 Å². The highest BCUT2D eigenvalue weighted by atomic mass is 127. The van der Waals surface area contributed by atoms with Gasteiger partial charge in [0.15, 0.2) is 11.6 Å². The monoisotopic (exact) mass is 417 g/mol. The number of thioether (sulfide) groups is 1. The molecule has 1 atom stereocenters. The van der Waals surface area contributed by atoms with Crippen LogP contribution in [0.4, 0.5) is 14.5 Å². The summed E-state index contributed by atoms with van der Waals surface area (Å²) < 4.78 is 27.6. The summed E-state index contributed by atoms with van der Waals surface area (Å²) in [7, 11) is 0. The molecule has 3 rings (SSSR count). The maximum absolute atomic E-state index is 13.4. The molecule has 1 amide bonds. The Labute approximate surface area is 138 Å². The Morgan fingerprint density at radius 3 is 2.48 bits per heavy atom. The van der Waals surface area contributed by atoms with Gasteiger partial charge in [-0.25, -0.2) is 8.78 Å². The molecule has 21 heavy (non-hydrogen) atoms. The van der Waals surface area contributed by atoms with E-state index in [9.17, 15) is 13.6 Å². The maximum Gasteiger partial charge on any atom is 0.238 e. The first kappa shape index (κ1) is 14.8. The number of anilines is 1. The minimum absolute atomic E-state index is 0.0315. The van der Waals surface area contributed by atoms with Gasteiger partial charge in [0.1, 0.15) is 5.37 Å². The fraction of sp³-hybridized carbons (Fsp3) is 0.133. The van der Waals surface area contributed by atoms with Crippen LogP contribution in [0.5, 0.6) is 0 Å². The van der Waals surface area contributed by atoms with Crippen molar-refractivity contribution in [3.8, 4) is 0 Å². The topological polar surface area (TPSA) is 20.3 Å². The molecule has 1 aliphatic rings. The molecule has 1 aliphatic heterocycles. The first-order valence-corrected chi connectivity index (χ1v) is 8.33. The highest BCUT2D eigenvalue weighted by molar-refractivity contribution is 14.1. The van der Waals surface area contributed by atoms with E-state index < -0.39 is 11.6 Å². The second kappa shape index (κ2) is 5.92. The summed E-state index contributed by atoms with van der Waals surface area (Å²) in [6.07, 6.45) is 0. The van der Waals surface area contributed by atoms with E-state index in [1.807, 2.05) is 24.3 Å². The lowest BCUT2D eigenvalue weighted by Crippen LogP contribution is -2.27. The lowest BCUT2D eigenvalue weighted by Gasteiger charge is -2.24. The van der Waals surface area contributed by atoms with E-state index in [0.717, 1.165) is 21.4 Å². The Hall–Kier alpha value is -1.15. The standard InChI is InChI=1S/C15H10F2INOS/c16-12-6-1-9(7-13(12)17)15-19(14(20)8-21-15)11-4-2-10(18)3-5-11/h1-7,15H,8H2. The number of hydrogen-bond donors (Lipinski definition) is 0. The summed E-state index contributed by atoms with van der Waals surface area (Å²) in [6, 6.07) is 11.3. The van der Waals surface area contributed by atoms with Crippen molar-refractivity contribution in [1.82, 2.24) is 0 Å². The molecular formula is C15H10F2INOS. The fourth-order valence-corrected chi connectivity index (χ4v) is 3.74. The van der Waals surface area contributed by atoms with Gasteiger partial charge in [-0.3, -0.25) is 9.69 Å². The molecule has 2 nitrogen and oxygen atoms in total. The van der Waals surface area contributed by atoms with Gasteiger partial charge in [-0.15, -0.1) is 11.8 Å². The molecule has 0 aliphatic carbocycles. The van der Waals surface area contributed by atoms with Crippen LogP contribution in [-0.2, 0) is 4.79 Å². The van der Waals surface area contributed by atoms with Crippen LogP contribution in [0.1, 0.15) is 10.9 Å². The van der Waals surface area contributed by atoms with Crippen molar-refractivity contribution in [2.75, 3.05) is 10.7 Å². The van der Waals surface area contributed by atoms with E-state index >= 15 is 0 Å². The van der Waals surface area contributed by atoms with Gasteiger partial charge < -0.3 is 0 Å². The fourth-order valence-electron chi connectivity index (χ4n) is 2.22. The van der Waals surface area contributed by atoms with Crippen LogP contribution in [0.15, 0.2) is 42.5 Å². The Kier molecular flexibility index (Phi) is 4.17. The first-order valence-electron chi connectivity index (χ1n) is 6.20. The van der Waals surface area contributed by atoms with Crippen molar-refractivity contribution in [2.24, 2.45) is 0 Å². The predicted octanol–water partition coefficient (Wildman–Crippen LogP) is 4.35. The predicted molar refractivity (Wildman–Crippen MR) is 88.2 cm³/mol. The molecule has 1 fully saturated rings. The number of carbonyl (C=O) groups is 1. The van der Waals surface area contributed by atoms with E-state index in [1.165, 1.54) is 17.8 Å². The van der Waals surface area contributed by atoms with Crippen LogP contribution in [0, 0.1) is 15.2 Å². The summed E-state index contributed by atoms with van der Waals surface area (Å²) in [5.74, 6) is -1.48. The van der Waals surface area contributed by atoms with Gasteiger partial charge in [-0.1, -0.05) is 6.07 Å². The van der Waals surface area contributed by atoms with Gasteiger partial charge in [-0.05, 0) is 64.6 Å². The summed E-state index contributed by atoms with van der Waals surface area (Å²) in [5.41, 5.74) is 1.35. The minimum atomic E-state index is -0.894. The zero-order chi connectivity index (χ0) is 15.0. The molecule has 0 spiro atoms.